The average molecular weight is 510 g/mol. The van der Waals surface area contributed by atoms with E-state index in [9.17, 15) is 34.8 Å². The van der Waals surface area contributed by atoms with Crippen LogP contribution in [0.2, 0.25) is 0 Å². The van der Waals surface area contributed by atoms with Crippen LogP contribution in [0.5, 0.6) is 0 Å². The second-order valence-corrected chi connectivity index (χ2v) is 11.3. The molecule has 1 unspecified atom stereocenters. The van der Waals surface area contributed by atoms with Gasteiger partial charge in [-0.25, -0.2) is 21.6 Å². The highest BCUT2D eigenvalue weighted by Crippen LogP contribution is 2.35. The van der Waals surface area contributed by atoms with Crippen LogP contribution in [0, 0.1) is 0 Å². The second-order valence-electron chi connectivity index (χ2n) is 7.54. The third-order valence-corrected chi connectivity index (χ3v) is 7.63. The predicted octanol–water partition coefficient (Wildman–Crippen LogP) is 2.22. The summed E-state index contributed by atoms with van der Waals surface area (Å²) >= 11 is 0. The van der Waals surface area contributed by atoms with Crippen LogP contribution < -0.4 is 4.72 Å². The van der Waals surface area contributed by atoms with Gasteiger partial charge < -0.3 is 4.74 Å². The maximum Gasteiger partial charge on any atom is 0.416 e. The topological polar surface area (TPSA) is 124 Å². The van der Waals surface area contributed by atoms with Crippen LogP contribution in [0.4, 0.5) is 13.2 Å². The van der Waals surface area contributed by atoms with Gasteiger partial charge in [-0.3, -0.25) is 9.48 Å². The molecular weight excluding hydrogens is 487 g/mol. The molecule has 1 aromatic carbocycles. The monoisotopic (exact) mass is 509 g/mol. The van der Waals surface area contributed by atoms with Gasteiger partial charge in [-0.15, -0.1) is 0 Å². The largest absolute Gasteiger partial charge is 0.465 e. The quantitative estimate of drug-likeness (QED) is 0.568. The van der Waals surface area contributed by atoms with Crippen molar-refractivity contribution < 1.29 is 39.5 Å². The van der Waals surface area contributed by atoms with Gasteiger partial charge in [0.05, 0.1) is 34.2 Å². The molecule has 1 aliphatic carbocycles. The fraction of sp³-hybridized carbons (Fsp3) is 0.474. The summed E-state index contributed by atoms with van der Waals surface area (Å²) in [5, 5.41) is 4.12. The van der Waals surface area contributed by atoms with Crippen molar-refractivity contribution in [1.82, 2.24) is 14.5 Å². The first-order valence-corrected chi connectivity index (χ1v) is 13.2. The number of esters is 1. The van der Waals surface area contributed by atoms with Crippen molar-refractivity contribution in [2.45, 2.75) is 54.7 Å². The number of sulfonamides is 1. The first-order valence-electron chi connectivity index (χ1n) is 9.87. The first-order chi connectivity index (χ1) is 15.2. The van der Waals surface area contributed by atoms with Gasteiger partial charge in [0, 0.05) is 17.5 Å². The molecule has 0 amide bonds. The van der Waals surface area contributed by atoms with Gasteiger partial charge in [-0.05, 0) is 44.4 Å². The Morgan fingerprint density at radius 2 is 1.88 bits per heavy atom. The van der Waals surface area contributed by atoms with Crippen molar-refractivity contribution >= 4 is 25.8 Å². The predicted molar refractivity (Wildman–Crippen MR) is 109 cm³/mol. The maximum atomic E-state index is 13.3. The zero-order valence-corrected chi connectivity index (χ0v) is 19.3. The number of sulfone groups is 1. The average Bonchev–Trinajstić information content (AvgIpc) is 3.10. The Labute approximate surface area is 188 Å². The standard InChI is InChI=1S/C19H22F3N3O6S2/c1-3-31-18(26)11-25-17-6-4-5-16(15(17)10-23-25)24-33(29,30)14-8-12(19(20,21)22)7-13(9-14)32(2,27)28/h7-10,16,24H,3-6,11H2,1-2H3. The number of fused-ring (bicyclic) bond motifs is 1. The zero-order valence-electron chi connectivity index (χ0n) is 17.7. The molecule has 1 N–H and O–H groups in total. The van der Waals surface area contributed by atoms with Crippen LogP contribution in [0.1, 0.15) is 42.6 Å². The Morgan fingerprint density at radius 3 is 2.48 bits per heavy atom. The number of carbonyl (C=O) groups excluding carboxylic acids is 1. The lowest BCUT2D eigenvalue weighted by molar-refractivity contribution is -0.144. The molecule has 0 bridgehead atoms. The number of halogens is 3. The van der Waals surface area contributed by atoms with E-state index in [1.807, 2.05) is 0 Å². The summed E-state index contributed by atoms with van der Waals surface area (Å²) in [5.41, 5.74) is -0.287. The lowest BCUT2D eigenvalue weighted by atomic mass is 9.94. The normalized spacial score (nSPS) is 16.9. The molecule has 3 rings (SSSR count). The number of ether oxygens (including phenoxy) is 1. The van der Waals surface area contributed by atoms with Gasteiger partial charge in [0.25, 0.3) is 0 Å². The number of nitrogens with zero attached hydrogens (tertiary/aromatic N) is 2. The number of alkyl halides is 3. The van der Waals surface area contributed by atoms with E-state index >= 15 is 0 Å². The third-order valence-electron chi connectivity index (χ3n) is 5.09. The molecule has 1 heterocycles. The van der Waals surface area contributed by atoms with E-state index in [0.717, 1.165) is 0 Å². The number of aromatic nitrogens is 2. The Morgan fingerprint density at radius 1 is 1.21 bits per heavy atom. The van der Waals surface area contributed by atoms with E-state index in [0.29, 0.717) is 55.0 Å². The van der Waals surface area contributed by atoms with E-state index in [2.05, 4.69) is 9.82 Å². The van der Waals surface area contributed by atoms with E-state index in [1.54, 1.807) is 6.92 Å². The van der Waals surface area contributed by atoms with E-state index in [4.69, 9.17) is 4.74 Å². The number of benzene rings is 1. The molecule has 33 heavy (non-hydrogen) atoms. The molecule has 1 aromatic heterocycles. The van der Waals surface area contributed by atoms with Gasteiger partial charge in [-0.1, -0.05) is 0 Å². The summed E-state index contributed by atoms with van der Waals surface area (Å²) in [7, 11) is -8.65. The highest BCUT2D eigenvalue weighted by molar-refractivity contribution is 7.91. The van der Waals surface area contributed by atoms with Crippen molar-refractivity contribution in [3.05, 3.63) is 41.2 Å². The summed E-state index contributed by atoms with van der Waals surface area (Å²) in [4.78, 5) is 10.2. The van der Waals surface area contributed by atoms with E-state index < -0.39 is 53.4 Å². The van der Waals surface area contributed by atoms with Crippen LogP contribution in [0.25, 0.3) is 0 Å². The van der Waals surface area contributed by atoms with Crippen molar-refractivity contribution in [1.29, 1.82) is 0 Å². The molecule has 1 atom stereocenters. The van der Waals surface area contributed by atoms with Crippen molar-refractivity contribution in [2.24, 2.45) is 0 Å². The van der Waals surface area contributed by atoms with Crippen LogP contribution in [-0.2, 0) is 48.5 Å². The minimum Gasteiger partial charge on any atom is -0.465 e. The molecule has 0 aliphatic heterocycles. The highest BCUT2D eigenvalue weighted by atomic mass is 32.2. The van der Waals surface area contributed by atoms with Crippen molar-refractivity contribution in [2.75, 3.05) is 12.9 Å². The van der Waals surface area contributed by atoms with Gasteiger partial charge in [-0.2, -0.15) is 18.3 Å². The number of nitrogens with one attached hydrogen (secondary N) is 1. The van der Waals surface area contributed by atoms with Crippen LogP contribution in [0.3, 0.4) is 0 Å². The molecule has 14 heteroatoms. The molecule has 0 radical (unpaired) electrons. The van der Waals surface area contributed by atoms with Crippen molar-refractivity contribution in [3.8, 4) is 0 Å². The maximum absolute atomic E-state index is 13.3. The summed E-state index contributed by atoms with van der Waals surface area (Å²) < 4.78 is 98.1. The number of rotatable bonds is 7. The molecule has 0 fully saturated rings. The molecule has 0 saturated carbocycles. The Kier molecular flexibility index (Phi) is 6.92. The molecule has 182 valence electrons. The smallest absolute Gasteiger partial charge is 0.416 e. The van der Waals surface area contributed by atoms with Gasteiger partial charge in [0.15, 0.2) is 9.84 Å². The zero-order chi connectivity index (χ0) is 24.6. The minimum absolute atomic E-state index is 0.159. The second kappa shape index (κ2) is 9.06. The van der Waals surface area contributed by atoms with Crippen LogP contribution >= 0.6 is 0 Å². The molecule has 0 spiro atoms. The SMILES string of the molecule is CCOC(=O)Cn1ncc2c1CCCC2NS(=O)(=O)c1cc(C(F)(F)F)cc(S(C)(=O)=O)c1. The van der Waals surface area contributed by atoms with Crippen LogP contribution in [-0.4, -0.2) is 45.4 Å². The highest BCUT2D eigenvalue weighted by Gasteiger charge is 2.35. The summed E-state index contributed by atoms with van der Waals surface area (Å²) in [6.07, 6.45) is -1.46. The third kappa shape index (κ3) is 5.73. The minimum atomic E-state index is -4.95. The Balaban J connectivity index is 1.96. The number of carbonyl (C=O) groups is 1. The molecule has 9 nitrogen and oxygen atoms in total. The number of hydrogen-bond donors (Lipinski definition) is 1. The summed E-state index contributed by atoms with van der Waals surface area (Å²) in [5.74, 6) is -0.511. The Bertz CT molecular complexity index is 1270. The first kappa shape index (κ1) is 25.2. The molecule has 1 aliphatic rings. The summed E-state index contributed by atoms with van der Waals surface area (Å²) in [6.45, 7) is 1.69. The lowest BCUT2D eigenvalue weighted by Gasteiger charge is -2.24. The summed E-state index contributed by atoms with van der Waals surface area (Å²) in [6, 6.07) is 0.670. The van der Waals surface area contributed by atoms with Crippen molar-refractivity contribution in [3.63, 3.8) is 0 Å². The van der Waals surface area contributed by atoms with E-state index in [-0.39, 0.29) is 13.2 Å². The Hall–Kier alpha value is -2.45. The fourth-order valence-electron chi connectivity index (χ4n) is 3.57. The van der Waals surface area contributed by atoms with Crippen LogP contribution in [0.15, 0.2) is 34.2 Å². The number of hydrogen-bond acceptors (Lipinski definition) is 7. The molecule has 2 aromatic rings. The van der Waals surface area contributed by atoms with Gasteiger partial charge in [0.2, 0.25) is 10.0 Å². The fourth-order valence-corrected chi connectivity index (χ4v) is 5.64. The molecular formula is C19H22F3N3O6S2. The van der Waals surface area contributed by atoms with Gasteiger partial charge >= 0.3 is 12.1 Å². The lowest BCUT2D eigenvalue weighted by Crippen LogP contribution is -2.31. The van der Waals surface area contributed by atoms with E-state index in [1.165, 1.54) is 10.9 Å². The molecule has 0 saturated heterocycles. The van der Waals surface area contributed by atoms with Gasteiger partial charge in [0.1, 0.15) is 6.54 Å².